The van der Waals surface area contributed by atoms with E-state index in [1.165, 1.54) is 31.7 Å². The van der Waals surface area contributed by atoms with Crippen LogP contribution >= 0.6 is 11.6 Å². The van der Waals surface area contributed by atoms with Gasteiger partial charge in [-0.05, 0) is 49.9 Å². The molecule has 2 aromatic rings. The normalized spacial score (nSPS) is 21.7. The first kappa shape index (κ1) is 27.1. The van der Waals surface area contributed by atoms with Gasteiger partial charge in [-0.3, -0.25) is 14.5 Å². The quantitative estimate of drug-likeness (QED) is 0.492. The highest BCUT2D eigenvalue weighted by Gasteiger charge is 2.48. The number of amides is 2. The summed E-state index contributed by atoms with van der Waals surface area (Å²) in [5, 5.41) is 3.38. The van der Waals surface area contributed by atoms with E-state index in [1.807, 2.05) is 0 Å². The predicted octanol–water partition coefficient (Wildman–Crippen LogP) is 4.03. The third-order valence-corrected chi connectivity index (χ3v) is 9.89. The van der Waals surface area contributed by atoms with Crippen LogP contribution in [0.1, 0.15) is 56.6 Å². The second kappa shape index (κ2) is 11.3. The number of hydrogen-bond acceptors (Lipinski definition) is 4. The van der Waals surface area contributed by atoms with E-state index in [4.69, 9.17) is 11.6 Å². The van der Waals surface area contributed by atoms with Gasteiger partial charge in [0, 0.05) is 41.9 Å². The van der Waals surface area contributed by atoms with Crippen LogP contribution in [0.5, 0.6) is 0 Å². The van der Waals surface area contributed by atoms with E-state index in [0.29, 0.717) is 31.5 Å². The van der Waals surface area contributed by atoms with E-state index in [0.717, 1.165) is 32.1 Å². The van der Waals surface area contributed by atoms with Crippen molar-refractivity contribution in [2.24, 2.45) is 0 Å². The Morgan fingerprint density at radius 2 is 1.71 bits per heavy atom. The van der Waals surface area contributed by atoms with Crippen molar-refractivity contribution in [2.75, 3.05) is 24.5 Å². The second-order valence-corrected chi connectivity index (χ2v) is 12.4. The van der Waals surface area contributed by atoms with E-state index < -0.39 is 39.9 Å². The van der Waals surface area contributed by atoms with Gasteiger partial charge in [-0.2, -0.15) is 17.0 Å². The molecule has 3 fully saturated rings. The lowest BCUT2D eigenvalue weighted by molar-refractivity contribution is -0.128. The Labute approximate surface area is 227 Å². The molecule has 38 heavy (non-hydrogen) atoms. The first-order valence-electron chi connectivity index (χ1n) is 13.2. The van der Waals surface area contributed by atoms with Crippen molar-refractivity contribution in [3.05, 3.63) is 64.9 Å². The summed E-state index contributed by atoms with van der Waals surface area (Å²) in [4.78, 5) is 29.6. The van der Waals surface area contributed by atoms with Crippen LogP contribution < -0.4 is 10.2 Å². The van der Waals surface area contributed by atoms with Crippen molar-refractivity contribution in [3.63, 3.8) is 0 Å². The molecule has 5 rings (SSSR count). The lowest BCUT2D eigenvalue weighted by atomic mass is 9.94. The molecule has 0 aromatic heterocycles. The summed E-state index contributed by atoms with van der Waals surface area (Å²) < 4.78 is 43.3. The number of hydrogen-bond donors (Lipinski definition) is 1. The fourth-order valence-corrected chi connectivity index (χ4v) is 7.45. The molecule has 8 nitrogen and oxygen atoms in total. The minimum absolute atomic E-state index is 0.0447. The van der Waals surface area contributed by atoms with E-state index in [9.17, 15) is 22.4 Å². The summed E-state index contributed by atoms with van der Waals surface area (Å²) in [6.07, 6.45) is 5.58. The van der Waals surface area contributed by atoms with E-state index in [-0.39, 0.29) is 23.3 Å². The molecule has 2 amide bonds. The largest absolute Gasteiger partial charge is 0.351 e. The maximum atomic E-state index is 14.5. The molecule has 1 N–H and O–H groups in total. The molecular formula is C27H32ClFN4O4S. The highest BCUT2D eigenvalue weighted by atomic mass is 35.5. The monoisotopic (exact) mass is 562 g/mol. The Kier molecular flexibility index (Phi) is 8.04. The SMILES string of the molecule is O=C(NC1CCCCC1)[C@@H](c1ccccc1Cl)N(C(=O)[C@@H]1CCCN1S(=O)(=O)N1CC1)c1cccc(F)c1. The van der Waals surface area contributed by atoms with Crippen LogP contribution in [0.15, 0.2) is 48.5 Å². The Hall–Kier alpha value is -2.53. The van der Waals surface area contributed by atoms with Crippen LogP contribution in [-0.4, -0.2) is 60.6 Å². The first-order valence-corrected chi connectivity index (χ1v) is 15.0. The maximum absolute atomic E-state index is 14.5. The van der Waals surface area contributed by atoms with Gasteiger partial charge >= 0.3 is 0 Å². The molecule has 2 saturated heterocycles. The van der Waals surface area contributed by atoms with Gasteiger partial charge in [0.15, 0.2) is 0 Å². The minimum atomic E-state index is -3.81. The van der Waals surface area contributed by atoms with Crippen molar-refractivity contribution in [2.45, 2.75) is 63.1 Å². The molecule has 1 aliphatic carbocycles. The van der Waals surface area contributed by atoms with Gasteiger partial charge in [0.1, 0.15) is 17.9 Å². The maximum Gasteiger partial charge on any atom is 0.282 e. The summed E-state index contributed by atoms with van der Waals surface area (Å²) in [7, 11) is -3.81. The highest BCUT2D eigenvalue weighted by Crippen LogP contribution is 2.36. The number of carbonyl (C=O) groups is 2. The van der Waals surface area contributed by atoms with E-state index >= 15 is 0 Å². The molecule has 0 radical (unpaired) electrons. The van der Waals surface area contributed by atoms with Crippen molar-refractivity contribution < 1.29 is 22.4 Å². The lowest BCUT2D eigenvalue weighted by Gasteiger charge is -2.36. The van der Waals surface area contributed by atoms with Gasteiger partial charge in [0.2, 0.25) is 11.8 Å². The summed E-state index contributed by atoms with van der Waals surface area (Å²) in [6, 6.07) is 9.95. The second-order valence-electron chi connectivity index (χ2n) is 10.1. The Morgan fingerprint density at radius 3 is 2.39 bits per heavy atom. The summed E-state index contributed by atoms with van der Waals surface area (Å²) in [5.41, 5.74) is 0.549. The third kappa shape index (κ3) is 5.59. The first-order chi connectivity index (χ1) is 18.3. The third-order valence-electron chi connectivity index (χ3n) is 7.50. The molecule has 0 unspecified atom stereocenters. The smallest absolute Gasteiger partial charge is 0.282 e. The lowest BCUT2D eigenvalue weighted by Crippen LogP contribution is -2.53. The summed E-state index contributed by atoms with van der Waals surface area (Å²) in [6.45, 7) is 1.04. The number of carbonyl (C=O) groups excluding carboxylic acids is 2. The molecule has 3 aliphatic rings. The van der Waals surface area contributed by atoms with Crippen LogP contribution in [0.4, 0.5) is 10.1 Å². The van der Waals surface area contributed by atoms with E-state index in [2.05, 4.69) is 5.32 Å². The Bertz CT molecular complexity index is 1300. The molecule has 0 bridgehead atoms. The molecule has 2 heterocycles. The number of nitrogens with one attached hydrogen (secondary N) is 1. The number of rotatable bonds is 8. The number of nitrogens with zero attached hydrogens (tertiary/aromatic N) is 3. The van der Waals surface area contributed by atoms with Gasteiger partial charge in [0.25, 0.3) is 10.2 Å². The predicted molar refractivity (Wildman–Crippen MR) is 143 cm³/mol. The van der Waals surface area contributed by atoms with Gasteiger partial charge in [0.05, 0.1) is 0 Å². The number of halogens is 2. The van der Waals surface area contributed by atoms with Crippen molar-refractivity contribution in [1.29, 1.82) is 0 Å². The Balaban J connectivity index is 1.58. The van der Waals surface area contributed by atoms with Gasteiger partial charge in [-0.15, -0.1) is 0 Å². The van der Waals surface area contributed by atoms with Crippen molar-refractivity contribution >= 4 is 39.3 Å². The fraction of sp³-hybridized carbons (Fsp3) is 0.481. The molecule has 2 aromatic carbocycles. The number of benzene rings is 2. The molecule has 2 atom stereocenters. The molecule has 1 saturated carbocycles. The molecule has 11 heteroatoms. The summed E-state index contributed by atoms with van der Waals surface area (Å²) in [5.74, 6) is -1.59. The van der Waals surface area contributed by atoms with Crippen molar-refractivity contribution in [3.8, 4) is 0 Å². The molecule has 2 aliphatic heterocycles. The zero-order valence-corrected chi connectivity index (χ0v) is 22.6. The van der Waals surface area contributed by atoms with Crippen LogP contribution in [0.2, 0.25) is 5.02 Å². The average molecular weight is 563 g/mol. The average Bonchev–Trinajstić information content (AvgIpc) is 3.65. The van der Waals surface area contributed by atoms with Crippen LogP contribution in [0, 0.1) is 5.82 Å². The molecule has 0 spiro atoms. The fourth-order valence-electron chi connectivity index (χ4n) is 5.49. The Morgan fingerprint density at radius 1 is 0.974 bits per heavy atom. The van der Waals surface area contributed by atoms with Gasteiger partial charge < -0.3 is 5.32 Å². The van der Waals surface area contributed by atoms with Crippen LogP contribution in [-0.2, 0) is 19.8 Å². The zero-order valence-electron chi connectivity index (χ0n) is 21.1. The van der Waals surface area contributed by atoms with Crippen LogP contribution in [0.3, 0.4) is 0 Å². The van der Waals surface area contributed by atoms with Gasteiger partial charge in [-0.1, -0.05) is 55.1 Å². The van der Waals surface area contributed by atoms with Crippen molar-refractivity contribution in [1.82, 2.24) is 13.9 Å². The minimum Gasteiger partial charge on any atom is -0.351 e. The molecule has 204 valence electrons. The topological polar surface area (TPSA) is 89.8 Å². The van der Waals surface area contributed by atoms with E-state index in [1.54, 1.807) is 30.3 Å². The van der Waals surface area contributed by atoms with Gasteiger partial charge in [-0.25, -0.2) is 4.39 Å². The molecular weight excluding hydrogens is 531 g/mol. The van der Waals surface area contributed by atoms with Crippen LogP contribution in [0.25, 0.3) is 0 Å². The standard InChI is InChI=1S/C27H32ClFN4O4S/c28-23-13-5-4-12-22(23)25(26(34)30-20-9-2-1-3-10-20)33(21-11-6-8-19(29)18-21)27(35)24-14-7-15-32(24)38(36,37)31-16-17-31/h4-6,8,11-13,18,20,24-25H,1-3,7,9-10,14-17H2,(H,30,34)/t24-,25+/m0/s1. The highest BCUT2D eigenvalue weighted by molar-refractivity contribution is 7.87. The zero-order chi connectivity index (χ0) is 26.9. The number of anilines is 1. The summed E-state index contributed by atoms with van der Waals surface area (Å²) >= 11 is 6.58.